The first kappa shape index (κ1) is 17.0. The summed E-state index contributed by atoms with van der Waals surface area (Å²) in [5.74, 6) is -0.0323. The molecule has 1 amide bonds. The summed E-state index contributed by atoms with van der Waals surface area (Å²) in [7, 11) is 0. The van der Waals surface area contributed by atoms with Crippen molar-refractivity contribution in [1.29, 1.82) is 0 Å². The van der Waals surface area contributed by atoms with Gasteiger partial charge in [0, 0.05) is 16.2 Å². The van der Waals surface area contributed by atoms with Gasteiger partial charge in [0.2, 0.25) is 5.91 Å². The van der Waals surface area contributed by atoms with Crippen LogP contribution in [0.3, 0.4) is 0 Å². The molecule has 3 nitrogen and oxygen atoms in total. The molecule has 0 heterocycles. The molecule has 1 aromatic carbocycles. The molecule has 0 radical (unpaired) electrons. The minimum absolute atomic E-state index is 0.0323. The van der Waals surface area contributed by atoms with Crippen LogP contribution < -0.4 is 10.6 Å². The lowest BCUT2D eigenvalue weighted by Gasteiger charge is -2.31. The molecule has 0 saturated carbocycles. The van der Waals surface area contributed by atoms with E-state index in [1.165, 1.54) is 0 Å². The summed E-state index contributed by atoms with van der Waals surface area (Å²) in [6.07, 6.45) is 3.05. The monoisotopic (exact) mass is 296 g/mol. The maximum Gasteiger partial charge on any atom is 0.238 e. The molecule has 0 unspecified atom stereocenters. The van der Waals surface area contributed by atoms with Gasteiger partial charge >= 0.3 is 0 Å². The number of carbonyl (C=O) groups excluding carboxylic acids is 1. The number of carbonyl (C=O) groups is 1. The molecule has 0 aromatic heterocycles. The van der Waals surface area contributed by atoms with Crippen molar-refractivity contribution in [3.05, 3.63) is 28.8 Å². The van der Waals surface area contributed by atoms with Crippen LogP contribution in [0.25, 0.3) is 0 Å². The molecule has 112 valence electrons. The topological polar surface area (TPSA) is 41.1 Å². The van der Waals surface area contributed by atoms with Gasteiger partial charge in [-0.25, -0.2) is 0 Å². The predicted molar refractivity (Wildman–Crippen MR) is 86.4 cm³/mol. The highest BCUT2D eigenvalue weighted by molar-refractivity contribution is 6.31. The average molecular weight is 297 g/mol. The molecule has 1 aromatic rings. The lowest BCUT2D eigenvalue weighted by atomic mass is 9.90. The third-order valence-corrected chi connectivity index (χ3v) is 4.36. The highest BCUT2D eigenvalue weighted by Crippen LogP contribution is 2.21. The third-order valence-electron chi connectivity index (χ3n) is 4.13. The maximum absolute atomic E-state index is 12.1. The molecule has 0 atom stereocenters. The van der Waals surface area contributed by atoms with Gasteiger partial charge in [0.1, 0.15) is 0 Å². The van der Waals surface area contributed by atoms with Crippen LogP contribution in [0.4, 0.5) is 5.69 Å². The first-order valence-electron chi connectivity index (χ1n) is 7.27. The fourth-order valence-electron chi connectivity index (χ4n) is 2.32. The van der Waals surface area contributed by atoms with Gasteiger partial charge in [0.25, 0.3) is 0 Å². The molecule has 0 aliphatic heterocycles. The molecular weight excluding hydrogens is 272 g/mol. The Morgan fingerprint density at radius 3 is 2.35 bits per heavy atom. The van der Waals surface area contributed by atoms with Gasteiger partial charge in [0.15, 0.2) is 0 Å². The summed E-state index contributed by atoms with van der Waals surface area (Å²) in [4.78, 5) is 12.1. The summed E-state index contributed by atoms with van der Waals surface area (Å²) >= 11 is 5.95. The van der Waals surface area contributed by atoms with Crippen molar-refractivity contribution >= 4 is 23.2 Å². The van der Waals surface area contributed by atoms with Crippen molar-refractivity contribution < 1.29 is 4.79 Å². The molecule has 0 aliphatic rings. The predicted octanol–water partition coefficient (Wildman–Crippen LogP) is 4.15. The van der Waals surface area contributed by atoms with Crippen LogP contribution in [0.2, 0.25) is 5.02 Å². The van der Waals surface area contributed by atoms with Crippen LogP contribution >= 0.6 is 11.6 Å². The van der Waals surface area contributed by atoms with E-state index in [0.29, 0.717) is 11.6 Å². The van der Waals surface area contributed by atoms with Crippen molar-refractivity contribution in [1.82, 2.24) is 5.32 Å². The van der Waals surface area contributed by atoms with Crippen molar-refractivity contribution in [3.63, 3.8) is 0 Å². The van der Waals surface area contributed by atoms with Gasteiger partial charge in [-0.2, -0.15) is 0 Å². The van der Waals surface area contributed by atoms with E-state index in [9.17, 15) is 4.79 Å². The van der Waals surface area contributed by atoms with E-state index in [0.717, 1.165) is 30.5 Å². The molecular formula is C16H25ClN2O. The molecule has 0 aliphatic carbocycles. The Kier molecular flexibility index (Phi) is 6.50. The minimum Gasteiger partial charge on any atom is -0.325 e. The summed E-state index contributed by atoms with van der Waals surface area (Å²) in [5.41, 5.74) is 1.84. The van der Waals surface area contributed by atoms with Crippen molar-refractivity contribution in [3.8, 4) is 0 Å². The van der Waals surface area contributed by atoms with Gasteiger partial charge < -0.3 is 10.6 Å². The van der Waals surface area contributed by atoms with Crippen LogP contribution in [0.5, 0.6) is 0 Å². The second-order valence-corrected chi connectivity index (χ2v) is 5.64. The summed E-state index contributed by atoms with van der Waals surface area (Å²) in [6, 6.07) is 5.50. The van der Waals surface area contributed by atoms with E-state index in [4.69, 9.17) is 11.6 Å². The smallest absolute Gasteiger partial charge is 0.238 e. The lowest BCUT2D eigenvalue weighted by molar-refractivity contribution is -0.115. The number of benzene rings is 1. The van der Waals surface area contributed by atoms with E-state index in [2.05, 4.69) is 31.4 Å². The van der Waals surface area contributed by atoms with E-state index in [1.54, 1.807) is 6.07 Å². The molecule has 20 heavy (non-hydrogen) atoms. The van der Waals surface area contributed by atoms with Crippen LogP contribution in [0, 0.1) is 6.92 Å². The number of anilines is 1. The number of halogens is 1. The zero-order chi connectivity index (χ0) is 15.2. The molecule has 4 heteroatoms. The zero-order valence-corrected chi connectivity index (χ0v) is 13.6. The number of amides is 1. The third kappa shape index (κ3) is 4.50. The Morgan fingerprint density at radius 2 is 1.80 bits per heavy atom. The second kappa shape index (κ2) is 7.65. The Hall–Kier alpha value is -1.06. The van der Waals surface area contributed by atoms with Gasteiger partial charge in [-0.1, -0.05) is 38.4 Å². The first-order chi connectivity index (χ1) is 9.46. The van der Waals surface area contributed by atoms with Gasteiger partial charge in [-0.15, -0.1) is 0 Å². The standard InChI is InChI=1S/C16H25ClN2O/c1-5-16(6-2,7-3)18-11-15(20)19-14-10-13(17)9-8-12(14)4/h8-10,18H,5-7,11H2,1-4H3,(H,19,20). The molecule has 2 N–H and O–H groups in total. The number of rotatable bonds is 7. The number of hydrogen-bond acceptors (Lipinski definition) is 2. The molecule has 0 bridgehead atoms. The molecule has 0 spiro atoms. The highest BCUT2D eigenvalue weighted by atomic mass is 35.5. The quantitative estimate of drug-likeness (QED) is 0.794. The zero-order valence-electron chi connectivity index (χ0n) is 12.8. The first-order valence-corrected chi connectivity index (χ1v) is 7.65. The molecule has 1 rings (SSSR count). The van der Waals surface area contributed by atoms with Crippen molar-refractivity contribution in [2.24, 2.45) is 0 Å². The number of hydrogen-bond donors (Lipinski definition) is 2. The van der Waals surface area contributed by atoms with E-state index >= 15 is 0 Å². The number of nitrogens with one attached hydrogen (secondary N) is 2. The normalized spacial score (nSPS) is 11.4. The summed E-state index contributed by atoms with van der Waals surface area (Å²) < 4.78 is 0. The van der Waals surface area contributed by atoms with E-state index in [1.807, 2.05) is 19.1 Å². The fourth-order valence-corrected chi connectivity index (χ4v) is 2.49. The lowest BCUT2D eigenvalue weighted by Crippen LogP contribution is -2.47. The minimum atomic E-state index is -0.0323. The van der Waals surface area contributed by atoms with Crippen molar-refractivity contribution in [2.45, 2.75) is 52.5 Å². The van der Waals surface area contributed by atoms with Gasteiger partial charge in [0.05, 0.1) is 6.54 Å². The fraction of sp³-hybridized carbons (Fsp3) is 0.562. The summed E-state index contributed by atoms with van der Waals surface area (Å²) in [5, 5.41) is 6.93. The summed E-state index contributed by atoms with van der Waals surface area (Å²) in [6.45, 7) is 8.73. The number of aryl methyl sites for hydroxylation is 1. The van der Waals surface area contributed by atoms with Gasteiger partial charge in [-0.3, -0.25) is 4.79 Å². The van der Waals surface area contributed by atoms with Crippen LogP contribution in [0.15, 0.2) is 18.2 Å². The Labute approximate surface area is 127 Å². The molecule has 0 saturated heterocycles. The second-order valence-electron chi connectivity index (χ2n) is 5.20. The molecule has 0 fully saturated rings. The van der Waals surface area contributed by atoms with E-state index in [-0.39, 0.29) is 11.4 Å². The van der Waals surface area contributed by atoms with E-state index < -0.39 is 0 Å². The van der Waals surface area contributed by atoms with Crippen molar-refractivity contribution in [2.75, 3.05) is 11.9 Å². The Balaban J connectivity index is 2.62. The maximum atomic E-state index is 12.1. The van der Waals surface area contributed by atoms with Gasteiger partial charge in [-0.05, 0) is 43.9 Å². The Bertz CT molecular complexity index is 448. The Morgan fingerprint density at radius 1 is 1.20 bits per heavy atom. The van der Waals surface area contributed by atoms with Crippen LogP contribution in [-0.2, 0) is 4.79 Å². The van der Waals surface area contributed by atoms with Crippen LogP contribution in [-0.4, -0.2) is 18.0 Å². The largest absolute Gasteiger partial charge is 0.325 e. The van der Waals surface area contributed by atoms with Crippen LogP contribution in [0.1, 0.15) is 45.6 Å². The average Bonchev–Trinajstić information content (AvgIpc) is 2.45. The SMILES string of the molecule is CCC(CC)(CC)NCC(=O)Nc1cc(Cl)ccc1C. The highest BCUT2D eigenvalue weighted by Gasteiger charge is 2.23.